The molecule has 0 saturated heterocycles. The first kappa shape index (κ1) is 6.94. The van der Waals surface area contributed by atoms with Crippen LogP contribution in [0.5, 0.6) is 0 Å². The standard InChI is InChI=1S/C12H16/c1-2-10-4-3-9(1)11-5-7-12(10)8-6-11/h1-2,5,7,9-12H,3-4,6,8H2. The summed E-state index contributed by atoms with van der Waals surface area (Å²) in [7, 11) is 0. The molecule has 0 spiro atoms. The summed E-state index contributed by atoms with van der Waals surface area (Å²) in [6.45, 7) is 0. The van der Waals surface area contributed by atoms with Crippen molar-refractivity contribution < 1.29 is 0 Å². The van der Waals surface area contributed by atoms with Crippen LogP contribution in [0, 0.1) is 23.7 Å². The summed E-state index contributed by atoms with van der Waals surface area (Å²) in [6.07, 6.45) is 15.8. The van der Waals surface area contributed by atoms with E-state index < -0.39 is 0 Å². The molecule has 4 bridgehead atoms. The quantitative estimate of drug-likeness (QED) is 0.477. The minimum Gasteiger partial charge on any atom is -0.0845 e. The second-order valence-electron chi connectivity index (χ2n) is 4.58. The average molecular weight is 160 g/mol. The molecule has 0 nitrogen and oxygen atoms in total. The molecule has 0 heteroatoms. The van der Waals surface area contributed by atoms with Gasteiger partial charge in [-0.1, -0.05) is 24.3 Å². The van der Waals surface area contributed by atoms with Crippen molar-refractivity contribution in [3.05, 3.63) is 24.3 Å². The summed E-state index contributed by atoms with van der Waals surface area (Å²) < 4.78 is 0. The van der Waals surface area contributed by atoms with Gasteiger partial charge in [0, 0.05) is 0 Å². The Morgan fingerprint density at radius 3 is 0.917 bits per heavy atom. The predicted molar refractivity (Wildman–Crippen MR) is 50.7 cm³/mol. The highest BCUT2D eigenvalue weighted by Gasteiger charge is 2.32. The maximum atomic E-state index is 2.49. The molecule has 0 heterocycles. The van der Waals surface area contributed by atoms with Gasteiger partial charge in [-0.25, -0.2) is 0 Å². The van der Waals surface area contributed by atoms with E-state index in [1.165, 1.54) is 25.7 Å². The number of hydrogen-bond donors (Lipinski definition) is 0. The van der Waals surface area contributed by atoms with Crippen LogP contribution < -0.4 is 0 Å². The smallest absolute Gasteiger partial charge is 0.0170 e. The lowest BCUT2D eigenvalue weighted by Crippen LogP contribution is -2.28. The molecule has 0 aromatic rings. The highest BCUT2D eigenvalue weighted by atomic mass is 14.4. The third-order valence-corrected chi connectivity index (χ3v) is 3.98. The van der Waals surface area contributed by atoms with E-state index in [0.29, 0.717) is 0 Å². The first-order chi connectivity index (χ1) is 5.93. The Morgan fingerprint density at radius 2 is 0.750 bits per heavy atom. The van der Waals surface area contributed by atoms with E-state index in [1.54, 1.807) is 0 Å². The molecular formula is C12H16. The van der Waals surface area contributed by atoms with Crippen molar-refractivity contribution >= 4 is 0 Å². The van der Waals surface area contributed by atoms with Crippen LogP contribution in [0.1, 0.15) is 25.7 Å². The van der Waals surface area contributed by atoms with Crippen LogP contribution in [-0.4, -0.2) is 0 Å². The molecule has 0 aliphatic heterocycles. The van der Waals surface area contributed by atoms with E-state index in [4.69, 9.17) is 0 Å². The Labute approximate surface area is 74.4 Å². The van der Waals surface area contributed by atoms with Crippen LogP contribution in [0.3, 0.4) is 0 Å². The second kappa shape index (κ2) is 2.48. The zero-order chi connectivity index (χ0) is 7.97. The van der Waals surface area contributed by atoms with Crippen LogP contribution in [0.4, 0.5) is 0 Å². The van der Waals surface area contributed by atoms with Crippen molar-refractivity contribution in [2.24, 2.45) is 23.7 Å². The van der Waals surface area contributed by atoms with Gasteiger partial charge in [0.15, 0.2) is 0 Å². The van der Waals surface area contributed by atoms with E-state index in [0.717, 1.165) is 23.7 Å². The third-order valence-electron chi connectivity index (χ3n) is 3.98. The Bertz CT molecular complexity index is 186. The molecule has 0 amide bonds. The zero-order valence-electron chi connectivity index (χ0n) is 7.45. The molecule has 0 aromatic heterocycles. The average Bonchev–Trinajstić information content (AvgIpc) is 2.13. The molecule has 1 saturated carbocycles. The van der Waals surface area contributed by atoms with Crippen molar-refractivity contribution in [2.45, 2.75) is 25.7 Å². The molecule has 12 heavy (non-hydrogen) atoms. The Balaban J connectivity index is 2.03. The summed E-state index contributed by atoms with van der Waals surface area (Å²) in [5.74, 6) is 3.55. The maximum absolute atomic E-state index is 2.49. The van der Waals surface area contributed by atoms with Crippen molar-refractivity contribution in [1.82, 2.24) is 0 Å². The van der Waals surface area contributed by atoms with E-state index >= 15 is 0 Å². The molecule has 64 valence electrons. The zero-order valence-corrected chi connectivity index (χ0v) is 7.45. The van der Waals surface area contributed by atoms with E-state index in [2.05, 4.69) is 24.3 Å². The maximum Gasteiger partial charge on any atom is -0.0170 e. The van der Waals surface area contributed by atoms with Gasteiger partial charge in [-0.3, -0.25) is 0 Å². The first-order valence-electron chi connectivity index (χ1n) is 5.30. The number of hydrogen-bond acceptors (Lipinski definition) is 0. The number of allylic oxidation sites excluding steroid dienone is 4. The fourth-order valence-electron chi connectivity index (χ4n) is 3.15. The summed E-state index contributed by atoms with van der Waals surface area (Å²) in [6, 6.07) is 0. The molecule has 0 N–H and O–H groups in total. The SMILES string of the molecule is C1=CC2CCC1C1C=CC2CC1. The lowest BCUT2D eigenvalue weighted by molar-refractivity contribution is 0.248. The largest absolute Gasteiger partial charge is 0.0845 e. The summed E-state index contributed by atoms with van der Waals surface area (Å²) >= 11 is 0. The molecular weight excluding hydrogens is 144 g/mol. The summed E-state index contributed by atoms with van der Waals surface area (Å²) in [5, 5.41) is 0. The summed E-state index contributed by atoms with van der Waals surface area (Å²) in [5.41, 5.74) is 0. The predicted octanol–water partition coefficient (Wildman–Crippen LogP) is 3.16. The normalized spacial score (nSPS) is 49.3. The molecule has 6 rings (SSSR count). The van der Waals surface area contributed by atoms with Crippen LogP contribution in [0.2, 0.25) is 0 Å². The lowest BCUT2D eigenvalue weighted by atomic mass is 9.66. The van der Waals surface area contributed by atoms with Crippen molar-refractivity contribution in [2.75, 3.05) is 0 Å². The first-order valence-corrected chi connectivity index (χ1v) is 5.30. The van der Waals surface area contributed by atoms with Crippen molar-refractivity contribution in [3.8, 4) is 0 Å². The van der Waals surface area contributed by atoms with Gasteiger partial charge >= 0.3 is 0 Å². The minimum atomic E-state index is 0.888. The Kier molecular flexibility index (Phi) is 1.44. The van der Waals surface area contributed by atoms with Crippen LogP contribution in [0.15, 0.2) is 24.3 Å². The van der Waals surface area contributed by atoms with Gasteiger partial charge in [0.05, 0.1) is 0 Å². The van der Waals surface area contributed by atoms with Gasteiger partial charge in [-0.05, 0) is 49.4 Å². The third kappa shape index (κ3) is 0.903. The second-order valence-corrected chi connectivity index (χ2v) is 4.58. The van der Waals surface area contributed by atoms with Gasteiger partial charge in [-0.15, -0.1) is 0 Å². The van der Waals surface area contributed by atoms with E-state index in [-0.39, 0.29) is 0 Å². The molecule has 0 aromatic carbocycles. The highest BCUT2D eigenvalue weighted by Crippen LogP contribution is 2.43. The van der Waals surface area contributed by atoms with Gasteiger partial charge in [-0.2, -0.15) is 0 Å². The fourth-order valence-corrected chi connectivity index (χ4v) is 3.15. The van der Waals surface area contributed by atoms with Gasteiger partial charge in [0.1, 0.15) is 0 Å². The van der Waals surface area contributed by atoms with Crippen LogP contribution in [0.25, 0.3) is 0 Å². The Hall–Kier alpha value is -0.520. The van der Waals surface area contributed by atoms with E-state index in [1.807, 2.05) is 0 Å². The lowest BCUT2D eigenvalue weighted by Gasteiger charge is -2.39. The summed E-state index contributed by atoms with van der Waals surface area (Å²) in [4.78, 5) is 0. The van der Waals surface area contributed by atoms with E-state index in [9.17, 15) is 0 Å². The van der Waals surface area contributed by atoms with Crippen LogP contribution in [-0.2, 0) is 0 Å². The molecule has 4 atom stereocenters. The van der Waals surface area contributed by atoms with Crippen molar-refractivity contribution in [3.63, 3.8) is 0 Å². The monoisotopic (exact) mass is 160 g/mol. The molecule has 0 radical (unpaired) electrons. The highest BCUT2D eigenvalue weighted by molar-refractivity contribution is 5.14. The van der Waals surface area contributed by atoms with Gasteiger partial charge in [0.25, 0.3) is 0 Å². The van der Waals surface area contributed by atoms with Crippen LogP contribution >= 0.6 is 0 Å². The number of rotatable bonds is 0. The van der Waals surface area contributed by atoms with Crippen molar-refractivity contribution in [1.29, 1.82) is 0 Å². The molecule has 4 unspecified atom stereocenters. The minimum absolute atomic E-state index is 0.888. The molecule has 6 aliphatic carbocycles. The molecule has 1 fully saturated rings. The Morgan fingerprint density at radius 1 is 0.500 bits per heavy atom. The van der Waals surface area contributed by atoms with Gasteiger partial charge < -0.3 is 0 Å². The van der Waals surface area contributed by atoms with Gasteiger partial charge in [0.2, 0.25) is 0 Å². The topological polar surface area (TPSA) is 0 Å². The molecule has 6 aliphatic rings. The fraction of sp³-hybridized carbons (Fsp3) is 0.667.